The molecule has 0 amide bonds. The van der Waals surface area contributed by atoms with Crippen LogP contribution < -0.4 is 5.32 Å². The number of nitriles is 1. The Kier molecular flexibility index (Phi) is 5.68. The summed E-state index contributed by atoms with van der Waals surface area (Å²) >= 11 is 0. The largest absolute Gasteiger partial charge is 0.300 e. The summed E-state index contributed by atoms with van der Waals surface area (Å²) in [6, 6.07) is 3.73. The van der Waals surface area contributed by atoms with E-state index in [-0.39, 0.29) is 5.54 Å². The molecule has 3 heteroatoms. The van der Waals surface area contributed by atoms with Gasteiger partial charge in [0, 0.05) is 12.1 Å². The second-order valence-corrected chi connectivity index (χ2v) is 7.66. The molecule has 1 heterocycles. The lowest BCUT2D eigenvalue weighted by atomic mass is 9.84. The van der Waals surface area contributed by atoms with E-state index in [0.29, 0.717) is 18.0 Å². The molecule has 3 nitrogen and oxygen atoms in total. The second-order valence-electron chi connectivity index (χ2n) is 7.66. The van der Waals surface area contributed by atoms with Crippen LogP contribution in [0.5, 0.6) is 0 Å². The molecule has 120 valence electrons. The minimum atomic E-state index is -0.265. The van der Waals surface area contributed by atoms with Gasteiger partial charge in [0.25, 0.3) is 0 Å². The third-order valence-corrected chi connectivity index (χ3v) is 5.84. The molecule has 1 aliphatic carbocycles. The van der Waals surface area contributed by atoms with E-state index in [4.69, 9.17) is 0 Å². The monoisotopic (exact) mass is 291 g/mol. The van der Waals surface area contributed by atoms with E-state index in [1.807, 2.05) is 0 Å². The van der Waals surface area contributed by atoms with Crippen molar-refractivity contribution < 1.29 is 0 Å². The number of likely N-dealkylation sites (tertiary alicyclic amines) is 1. The first-order valence-electron chi connectivity index (χ1n) is 8.91. The molecule has 4 unspecified atom stereocenters. The molecule has 2 aliphatic rings. The number of hydrogen-bond acceptors (Lipinski definition) is 3. The highest BCUT2D eigenvalue weighted by molar-refractivity contribution is 5.14. The molecule has 4 atom stereocenters. The van der Waals surface area contributed by atoms with Crippen molar-refractivity contribution in [3.8, 4) is 6.07 Å². The number of hydrogen-bond donors (Lipinski definition) is 1. The Bertz CT molecular complexity index is 373. The summed E-state index contributed by atoms with van der Waals surface area (Å²) in [5.74, 6) is 1.34. The van der Waals surface area contributed by atoms with Crippen LogP contribution in [0, 0.1) is 23.2 Å². The maximum atomic E-state index is 9.74. The van der Waals surface area contributed by atoms with Crippen LogP contribution in [-0.2, 0) is 0 Å². The van der Waals surface area contributed by atoms with Crippen molar-refractivity contribution in [3.63, 3.8) is 0 Å². The molecule has 0 aromatic heterocycles. The molecule has 1 aliphatic heterocycles. The maximum absolute atomic E-state index is 9.74. The number of nitrogens with one attached hydrogen (secondary N) is 1. The van der Waals surface area contributed by atoms with Crippen molar-refractivity contribution in [2.75, 3.05) is 13.1 Å². The average molecular weight is 291 g/mol. The topological polar surface area (TPSA) is 39.1 Å². The molecular formula is C18H33N3. The standard InChI is InChI=1S/C18H33N3/c1-14(2)20-18(13-19)10-5-8-17(18)9-12-21-11-6-7-15(3)16(21)4/h14-17,20H,5-12H2,1-4H3. The highest BCUT2D eigenvalue weighted by Gasteiger charge is 2.43. The number of rotatable bonds is 5. The lowest BCUT2D eigenvalue weighted by molar-refractivity contribution is 0.101. The van der Waals surface area contributed by atoms with E-state index in [1.54, 1.807) is 0 Å². The highest BCUT2D eigenvalue weighted by atomic mass is 15.2. The first-order valence-corrected chi connectivity index (χ1v) is 8.91. The fourth-order valence-electron chi connectivity index (χ4n) is 4.41. The molecular weight excluding hydrogens is 258 g/mol. The van der Waals surface area contributed by atoms with Gasteiger partial charge in [-0.1, -0.05) is 13.3 Å². The van der Waals surface area contributed by atoms with Crippen LogP contribution in [0.1, 0.15) is 66.2 Å². The normalized spacial score (nSPS) is 37.8. The molecule has 21 heavy (non-hydrogen) atoms. The fraction of sp³-hybridized carbons (Fsp3) is 0.944. The minimum absolute atomic E-state index is 0.265. The van der Waals surface area contributed by atoms with Gasteiger partial charge < -0.3 is 4.90 Å². The molecule has 2 fully saturated rings. The quantitative estimate of drug-likeness (QED) is 0.842. The van der Waals surface area contributed by atoms with Gasteiger partial charge in [-0.05, 0) is 77.8 Å². The number of nitrogens with zero attached hydrogens (tertiary/aromatic N) is 2. The van der Waals surface area contributed by atoms with E-state index in [1.165, 1.54) is 45.2 Å². The SMILES string of the molecule is CC(C)NC1(C#N)CCCC1CCN1CCCC(C)C1C. The smallest absolute Gasteiger partial charge is 0.109 e. The van der Waals surface area contributed by atoms with Gasteiger partial charge in [0.15, 0.2) is 0 Å². The Morgan fingerprint density at radius 3 is 2.71 bits per heavy atom. The third kappa shape index (κ3) is 3.79. The summed E-state index contributed by atoms with van der Waals surface area (Å²) in [6.45, 7) is 11.5. The Morgan fingerprint density at radius 2 is 2.05 bits per heavy atom. The fourth-order valence-corrected chi connectivity index (χ4v) is 4.41. The predicted octanol–water partition coefficient (Wildman–Crippen LogP) is 3.56. The van der Waals surface area contributed by atoms with Crippen LogP contribution in [-0.4, -0.2) is 35.6 Å². The van der Waals surface area contributed by atoms with E-state index in [0.717, 1.165) is 12.3 Å². The van der Waals surface area contributed by atoms with E-state index in [2.05, 4.69) is 44.0 Å². The predicted molar refractivity (Wildman–Crippen MR) is 88.0 cm³/mol. The molecule has 2 rings (SSSR count). The maximum Gasteiger partial charge on any atom is 0.109 e. The molecule has 0 bridgehead atoms. The van der Waals surface area contributed by atoms with Crippen LogP contribution in [0.25, 0.3) is 0 Å². The van der Waals surface area contributed by atoms with E-state index in [9.17, 15) is 5.26 Å². The molecule has 1 N–H and O–H groups in total. The Morgan fingerprint density at radius 1 is 1.29 bits per heavy atom. The second kappa shape index (κ2) is 7.11. The van der Waals surface area contributed by atoms with Crippen LogP contribution >= 0.6 is 0 Å². The van der Waals surface area contributed by atoms with Gasteiger partial charge in [-0.2, -0.15) is 5.26 Å². The van der Waals surface area contributed by atoms with Crippen LogP contribution in [0.2, 0.25) is 0 Å². The van der Waals surface area contributed by atoms with Gasteiger partial charge in [-0.3, -0.25) is 5.32 Å². The summed E-state index contributed by atoms with van der Waals surface area (Å²) in [5.41, 5.74) is -0.265. The van der Waals surface area contributed by atoms with Crippen molar-refractivity contribution in [1.82, 2.24) is 10.2 Å². The van der Waals surface area contributed by atoms with Gasteiger partial charge in [-0.25, -0.2) is 0 Å². The van der Waals surface area contributed by atoms with Gasteiger partial charge in [0.2, 0.25) is 0 Å². The Balaban J connectivity index is 1.93. The summed E-state index contributed by atoms with van der Waals surface area (Å²) < 4.78 is 0. The van der Waals surface area contributed by atoms with Gasteiger partial charge >= 0.3 is 0 Å². The van der Waals surface area contributed by atoms with E-state index >= 15 is 0 Å². The first-order chi connectivity index (χ1) is 9.98. The van der Waals surface area contributed by atoms with Crippen molar-refractivity contribution in [2.24, 2.45) is 11.8 Å². The zero-order valence-corrected chi connectivity index (χ0v) is 14.4. The van der Waals surface area contributed by atoms with Gasteiger partial charge in [0.1, 0.15) is 5.54 Å². The average Bonchev–Trinajstić information content (AvgIpc) is 2.83. The molecule has 0 aromatic rings. The lowest BCUT2D eigenvalue weighted by Crippen LogP contribution is -2.51. The minimum Gasteiger partial charge on any atom is -0.300 e. The zero-order valence-electron chi connectivity index (χ0n) is 14.4. The molecule has 0 radical (unpaired) electrons. The highest BCUT2D eigenvalue weighted by Crippen LogP contribution is 2.38. The van der Waals surface area contributed by atoms with Crippen molar-refractivity contribution in [1.29, 1.82) is 5.26 Å². The zero-order chi connectivity index (χ0) is 15.5. The van der Waals surface area contributed by atoms with Crippen molar-refractivity contribution >= 4 is 0 Å². The van der Waals surface area contributed by atoms with Crippen LogP contribution in [0.3, 0.4) is 0 Å². The molecule has 1 saturated carbocycles. The Labute approximate surface area is 131 Å². The van der Waals surface area contributed by atoms with Crippen molar-refractivity contribution in [3.05, 3.63) is 0 Å². The molecule has 0 spiro atoms. The van der Waals surface area contributed by atoms with Gasteiger partial charge in [-0.15, -0.1) is 0 Å². The van der Waals surface area contributed by atoms with Crippen LogP contribution in [0.15, 0.2) is 0 Å². The third-order valence-electron chi connectivity index (χ3n) is 5.84. The Hall–Kier alpha value is -0.590. The van der Waals surface area contributed by atoms with Crippen LogP contribution in [0.4, 0.5) is 0 Å². The molecule has 0 aromatic carbocycles. The first kappa shape index (κ1) is 16.8. The summed E-state index contributed by atoms with van der Waals surface area (Å²) in [5, 5.41) is 13.3. The van der Waals surface area contributed by atoms with E-state index < -0.39 is 0 Å². The summed E-state index contributed by atoms with van der Waals surface area (Å²) in [4.78, 5) is 2.66. The van der Waals surface area contributed by atoms with Gasteiger partial charge in [0.05, 0.1) is 6.07 Å². The van der Waals surface area contributed by atoms with Crippen molar-refractivity contribution in [2.45, 2.75) is 83.8 Å². The number of piperidine rings is 1. The summed E-state index contributed by atoms with van der Waals surface area (Å²) in [6.07, 6.45) is 7.32. The summed E-state index contributed by atoms with van der Waals surface area (Å²) in [7, 11) is 0. The lowest BCUT2D eigenvalue weighted by Gasteiger charge is -2.39. The molecule has 1 saturated heterocycles.